The molecule has 5 unspecified atom stereocenters. The van der Waals surface area contributed by atoms with Crippen LogP contribution in [0.2, 0.25) is 0 Å². The van der Waals surface area contributed by atoms with Crippen LogP contribution in [0.5, 0.6) is 0 Å². The minimum absolute atomic E-state index is 0.0124. The van der Waals surface area contributed by atoms with E-state index < -0.39 is 45.7 Å². The van der Waals surface area contributed by atoms with E-state index in [1.807, 2.05) is 13.8 Å². The standard InChI is InChI=1S/C24H32BF3NO2P/c1-6-7-8-15-14(5)17(16(15)10-9-13(4)12(2)3)24(31)29(11-30)22-18(25)19(26)20(27)23(32)21(22)28/h11,13-17H,2,6-10,32H2,1,3-5H3/t13?,14?,15?,16-,17?/m0/s1. The third-order valence-electron chi connectivity index (χ3n) is 7.15. The van der Waals surface area contributed by atoms with Crippen LogP contribution in [-0.2, 0) is 9.59 Å². The van der Waals surface area contributed by atoms with Gasteiger partial charge in [-0.15, -0.1) is 0 Å². The van der Waals surface area contributed by atoms with Gasteiger partial charge in [-0.05, 0) is 55.3 Å². The van der Waals surface area contributed by atoms with Crippen molar-refractivity contribution in [2.75, 3.05) is 4.90 Å². The summed E-state index contributed by atoms with van der Waals surface area (Å²) in [4.78, 5) is 25.8. The highest BCUT2D eigenvalue weighted by Gasteiger charge is 2.52. The number of hydrogen-bond donors (Lipinski definition) is 0. The number of nitrogens with zero attached hydrogens (tertiary/aromatic N) is 1. The Balaban J connectivity index is 2.39. The van der Waals surface area contributed by atoms with Gasteiger partial charge in [-0.2, -0.15) is 0 Å². The molecule has 1 aliphatic rings. The van der Waals surface area contributed by atoms with E-state index in [0.717, 1.165) is 37.7 Å². The van der Waals surface area contributed by atoms with Gasteiger partial charge in [-0.3, -0.25) is 14.5 Å². The van der Waals surface area contributed by atoms with E-state index in [1.54, 1.807) is 9.24 Å². The highest BCUT2D eigenvalue weighted by Crippen LogP contribution is 2.52. The van der Waals surface area contributed by atoms with Crippen molar-refractivity contribution in [3.8, 4) is 0 Å². The number of carbonyl (C=O) groups is 2. The summed E-state index contributed by atoms with van der Waals surface area (Å²) >= 11 is 0. The maximum atomic E-state index is 14.8. The molecule has 0 saturated heterocycles. The third kappa shape index (κ3) is 4.98. The summed E-state index contributed by atoms with van der Waals surface area (Å²) < 4.78 is 42.8. The SMILES string of the molecule is [B]c1c(F)c(F)c(P)c(F)c1N(C=O)C(=O)C1C(C)C(CCCC)[C@@H]1CCC(C)C(=C)C. The van der Waals surface area contributed by atoms with Crippen LogP contribution >= 0.6 is 9.24 Å². The fraction of sp³-hybridized carbons (Fsp3) is 0.583. The van der Waals surface area contributed by atoms with Crippen LogP contribution < -0.4 is 15.7 Å². The molecule has 0 spiro atoms. The average molecular weight is 465 g/mol. The molecule has 0 N–H and O–H groups in total. The van der Waals surface area contributed by atoms with Crippen molar-refractivity contribution >= 4 is 45.9 Å². The van der Waals surface area contributed by atoms with Crippen molar-refractivity contribution in [2.45, 2.75) is 59.8 Å². The maximum absolute atomic E-state index is 14.8. The van der Waals surface area contributed by atoms with Gasteiger partial charge in [0.15, 0.2) is 17.5 Å². The van der Waals surface area contributed by atoms with Crippen LogP contribution in [0.3, 0.4) is 0 Å². The lowest BCUT2D eigenvalue weighted by Crippen LogP contribution is -2.55. The minimum Gasteiger partial charge on any atom is -0.278 e. The molecule has 1 aliphatic carbocycles. The van der Waals surface area contributed by atoms with Crippen LogP contribution in [0, 0.1) is 47.0 Å². The van der Waals surface area contributed by atoms with Crippen molar-refractivity contribution in [2.24, 2.45) is 29.6 Å². The molecule has 6 atom stereocenters. The second-order valence-electron chi connectivity index (χ2n) is 9.11. The molecule has 8 heteroatoms. The summed E-state index contributed by atoms with van der Waals surface area (Å²) in [6, 6.07) is 0. The Morgan fingerprint density at radius 2 is 1.84 bits per heavy atom. The van der Waals surface area contributed by atoms with Gasteiger partial charge in [-0.1, -0.05) is 55.0 Å². The summed E-state index contributed by atoms with van der Waals surface area (Å²) in [5.74, 6) is -4.77. The Hall–Kier alpha value is -1.62. The quantitative estimate of drug-likeness (QED) is 0.167. The van der Waals surface area contributed by atoms with Crippen LogP contribution in [-0.4, -0.2) is 20.2 Å². The lowest BCUT2D eigenvalue weighted by atomic mass is 9.54. The van der Waals surface area contributed by atoms with Gasteiger partial charge in [0, 0.05) is 11.2 Å². The fourth-order valence-corrected chi connectivity index (χ4v) is 5.13. The number of unbranched alkanes of at least 4 members (excludes halogenated alkanes) is 1. The summed E-state index contributed by atoms with van der Waals surface area (Å²) in [5, 5.41) is -0.708. The van der Waals surface area contributed by atoms with Gasteiger partial charge in [0.1, 0.15) is 7.85 Å². The molecule has 1 saturated carbocycles. The van der Waals surface area contributed by atoms with Gasteiger partial charge in [0.2, 0.25) is 12.3 Å². The summed E-state index contributed by atoms with van der Waals surface area (Å²) in [6.45, 7) is 12.1. The first-order valence-electron chi connectivity index (χ1n) is 11.1. The predicted molar refractivity (Wildman–Crippen MR) is 127 cm³/mol. The number of benzene rings is 1. The summed E-state index contributed by atoms with van der Waals surface area (Å²) in [5.41, 5.74) is -0.565. The average Bonchev–Trinajstić information content (AvgIpc) is 2.76. The lowest BCUT2D eigenvalue weighted by Gasteiger charge is -2.51. The van der Waals surface area contributed by atoms with E-state index in [4.69, 9.17) is 7.85 Å². The predicted octanol–water partition coefficient (Wildman–Crippen LogP) is 4.57. The van der Waals surface area contributed by atoms with Crippen LogP contribution in [0.25, 0.3) is 0 Å². The maximum Gasteiger partial charge on any atom is 0.237 e. The molecule has 32 heavy (non-hydrogen) atoms. The number of allylic oxidation sites excluding steroid dienone is 1. The molecule has 2 amide bonds. The van der Waals surface area contributed by atoms with Gasteiger partial charge in [-0.25, -0.2) is 13.2 Å². The third-order valence-corrected chi connectivity index (χ3v) is 7.66. The van der Waals surface area contributed by atoms with Crippen molar-refractivity contribution in [3.63, 3.8) is 0 Å². The van der Waals surface area contributed by atoms with Crippen molar-refractivity contribution in [3.05, 3.63) is 29.6 Å². The molecule has 0 aliphatic heterocycles. The molecule has 2 rings (SSSR count). The number of rotatable bonds is 10. The Morgan fingerprint density at radius 3 is 2.38 bits per heavy atom. The molecule has 2 radical (unpaired) electrons. The van der Waals surface area contributed by atoms with E-state index in [0.29, 0.717) is 10.8 Å². The topological polar surface area (TPSA) is 37.4 Å². The highest BCUT2D eigenvalue weighted by molar-refractivity contribution is 7.27. The molecule has 174 valence electrons. The van der Waals surface area contributed by atoms with E-state index in [-0.39, 0.29) is 24.2 Å². The van der Waals surface area contributed by atoms with Crippen molar-refractivity contribution in [1.29, 1.82) is 0 Å². The number of hydrogen-bond acceptors (Lipinski definition) is 2. The Morgan fingerprint density at radius 1 is 1.22 bits per heavy atom. The normalized spacial score (nSPS) is 23.4. The first-order chi connectivity index (χ1) is 15.0. The van der Waals surface area contributed by atoms with Gasteiger partial charge in [0.25, 0.3) is 0 Å². The monoisotopic (exact) mass is 465 g/mol. The van der Waals surface area contributed by atoms with E-state index >= 15 is 0 Å². The summed E-state index contributed by atoms with van der Waals surface area (Å²) in [6.07, 6.45) is 4.77. The number of halogens is 3. The number of carbonyl (C=O) groups excluding carboxylic acids is 2. The highest BCUT2D eigenvalue weighted by atomic mass is 31.0. The molecule has 3 nitrogen and oxygen atoms in total. The zero-order valence-corrected chi connectivity index (χ0v) is 20.4. The molecule has 0 aromatic heterocycles. The molecular formula is C24H32BF3NO2P. The molecular weight excluding hydrogens is 433 g/mol. The molecule has 0 heterocycles. The Bertz CT molecular complexity index is 865. The molecule has 1 aromatic carbocycles. The zero-order valence-electron chi connectivity index (χ0n) is 19.3. The second kappa shape index (κ2) is 11.0. The Kier molecular flexibility index (Phi) is 9.16. The molecule has 1 aromatic rings. The van der Waals surface area contributed by atoms with Crippen LogP contribution in [0.15, 0.2) is 12.2 Å². The van der Waals surface area contributed by atoms with Gasteiger partial charge >= 0.3 is 0 Å². The minimum atomic E-state index is -1.49. The first-order valence-corrected chi connectivity index (χ1v) is 11.7. The summed E-state index contributed by atoms with van der Waals surface area (Å²) in [7, 11) is 7.34. The first kappa shape index (κ1) is 26.6. The van der Waals surface area contributed by atoms with Gasteiger partial charge < -0.3 is 0 Å². The molecule has 0 bridgehead atoms. The zero-order chi connectivity index (χ0) is 24.3. The fourth-order valence-electron chi connectivity index (χ4n) is 4.87. The van der Waals surface area contributed by atoms with Crippen LogP contribution in [0.4, 0.5) is 18.9 Å². The molecule has 1 fully saturated rings. The lowest BCUT2D eigenvalue weighted by molar-refractivity contribution is -0.139. The second-order valence-corrected chi connectivity index (χ2v) is 9.69. The number of imide groups is 1. The largest absolute Gasteiger partial charge is 0.278 e. The van der Waals surface area contributed by atoms with Crippen molar-refractivity contribution < 1.29 is 22.8 Å². The van der Waals surface area contributed by atoms with E-state index in [1.165, 1.54) is 0 Å². The number of amides is 2. The Labute approximate surface area is 192 Å². The van der Waals surface area contributed by atoms with Gasteiger partial charge in [0.05, 0.1) is 5.69 Å². The smallest absolute Gasteiger partial charge is 0.237 e. The van der Waals surface area contributed by atoms with Crippen molar-refractivity contribution in [1.82, 2.24) is 0 Å². The number of anilines is 1. The van der Waals surface area contributed by atoms with Crippen LogP contribution in [0.1, 0.15) is 59.8 Å². The van der Waals surface area contributed by atoms with E-state index in [9.17, 15) is 22.8 Å². The van der Waals surface area contributed by atoms with E-state index in [2.05, 4.69) is 20.4 Å².